The van der Waals surface area contributed by atoms with Crippen molar-refractivity contribution in [3.63, 3.8) is 0 Å². The van der Waals surface area contributed by atoms with Crippen molar-refractivity contribution in [3.8, 4) is 23.3 Å². The molecule has 4 heterocycles. The minimum atomic E-state index is -1.01. The zero-order valence-electron chi connectivity index (χ0n) is 30.8. The van der Waals surface area contributed by atoms with Gasteiger partial charge in [-0.1, -0.05) is 19.9 Å². The Hall–Kier alpha value is -6.16. The monoisotopic (exact) mass is 743 g/mol. The minimum Gasteiger partial charge on any atom is -0.494 e. The summed E-state index contributed by atoms with van der Waals surface area (Å²) in [5, 5.41) is 18.6. The lowest BCUT2D eigenvalue weighted by atomic mass is 9.44. The largest absolute Gasteiger partial charge is 0.494 e. The van der Waals surface area contributed by atoms with Crippen molar-refractivity contribution in [2.24, 2.45) is 10.8 Å². The van der Waals surface area contributed by atoms with Crippen molar-refractivity contribution < 1.29 is 38.2 Å². The fourth-order valence-corrected chi connectivity index (χ4v) is 9.08. The third-order valence-electron chi connectivity index (χ3n) is 11.7. The van der Waals surface area contributed by atoms with Crippen LogP contribution in [0.4, 0.5) is 5.69 Å². The number of piperidine rings is 1. The second-order valence-electron chi connectivity index (χ2n) is 15.4. The summed E-state index contributed by atoms with van der Waals surface area (Å²) in [5.74, 6) is -0.510. The molecule has 3 unspecified atom stereocenters. The van der Waals surface area contributed by atoms with E-state index in [1.807, 2.05) is 6.07 Å². The lowest BCUT2D eigenvalue weighted by Gasteiger charge is -2.67. The number of hydrogen-bond acceptors (Lipinski definition) is 10. The van der Waals surface area contributed by atoms with Crippen LogP contribution in [0.25, 0.3) is 5.57 Å². The van der Waals surface area contributed by atoms with E-state index in [4.69, 9.17) is 14.2 Å². The first kappa shape index (κ1) is 35.8. The summed E-state index contributed by atoms with van der Waals surface area (Å²) in [6.07, 6.45) is 4.49. The van der Waals surface area contributed by atoms with Gasteiger partial charge in [0.2, 0.25) is 11.8 Å². The van der Waals surface area contributed by atoms with E-state index >= 15 is 0 Å². The molecule has 0 bridgehead atoms. The summed E-state index contributed by atoms with van der Waals surface area (Å²) in [7, 11) is 0. The Morgan fingerprint density at radius 2 is 1.65 bits per heavy atom. The average molecular weight is 744 g/mol. The molecule has 1 aliphatic carbocycles. The third-order valence-corrected chi connectivity index (χ3v) is 11.7. The van der Waals surface area contributed by atoms with Crippen LogP contribution in [0, 0.1) is 22.2 Å². The number of fused-ring (bicyclic) bond motifs is 3. The number of carbonyl (C=O) groups is 5. The van der Waals surface area contributed by atoms with E-state index in [-0.39, 0.29) is 47.4 Å². The lowest BCUT2D eigenvalue weighted by Crippen LogP contribution is -2.77. The van der Waals surface area contributed by atoms with Gasteiger partial charge in [0, 0.05) is 29.5 Å². The summed E-state index contributed by atoms with van der Waals surface area (Å²) in [4.78, 5) is 64.3. The van der Waals surface area contributed by atoms with Gasteiger partial charge in [0.1, 0.15) is 35.5 Å². The molecule has 1 saturated heterocycles. The first-order valence-electron chi connectivity index (χ1n) is 18.6. The maximum Gasteiger partial charge on any atom is 0.262 e. The Balaban J connectivity index is 0.798. The molecule has 8 rings (SSSR count). The highest BCUT2D eigenvalue weighted by Crippen LogP contribution is 2.66. The predicted molar refractivity (Wildman–Crippen MR) is 200 cm³/mol. The molecule has 3 N–H and O–H groups in total. The SMILES string of the molecule is CC1(C)C(NC(=O)c2ccc(OCCCCCOc3ccc4c(c3)C(=O)N(C3CCC(=O)NC3=O)C4=O)cc2)C2(C)C3=CCNc4c(C#N)ccc(c43)O[C@@H]12. The predicted octanol–water partition coefficient (Wildman–Crippen LogP) is 5.00. The summed E-state index contributed by atoms with van der Waals surface area (Å²) < 4.78 is 18.4. The fraction of sp³-hybridized carbons (Fsp3) is 0.381. The Labute approximate surface area is 318 Å². The molecule has 2 fully saturated rings. The number of rotatable bonds is 11. The molecule has 4 atom stereocenters. The number of amides is 5. The number of benzene rings is 3. The topological polar surface area (TPSA) is 176 Å². The van der Waals surface area contributed by atoms with Crippen LogP contribution >= 0.6 is 0 Å². The number of unbranched alkanes of at least 4 members (excludes halogenated alkanes) is 2. The Morgan fingerprint density at radius 3 is 2.38 bits per heavy atom. The second-order valence-corrected chi connectivity index (χ2v) is 15.4. The first-order valence-corrected chi connectivity index (χ1v) is 18.6. The average Bonchev–Trinajstić information content (AvgIpc) is 3.42. The van der Waals surface area contributed by atoms with Gasteiger partial charge in [-0.2, -0.15) is 5.26 Å². The molecule has 282 valence electrons. The van der Waals surface area contributed by atoms with Gasteiger partial charge in [0.15, 0.2) is 0 Å². The van der Waals surface area contributed by atoms with Crippen molar-refractivity contribution in [3.05, 3.63) is 88.5 Å². The molecule has 5 aliphatic rings. The number of nitriles is 1. The van der Waals surface area contributed by atoms with Crippen LogP contribution in [0.15, 0.2) is 60.7 Å². The van der Waals surface area contributed by atoms with Crippen molar-refractivity contribution >= 4 is 40.8 Å². The number of ether oxygens (including phenoxy) is 3. The van der Waals surface area contributed by atoms with Crippen LogP contribution in [0.5, 0.6) is 17.2 Å². The van der Waals surface area contributed by atoms with E-state index in [1.165, 1.54) is 12.1 Å². The van der Waals surface area contributed by atoms with Crippen LogP contribution in [0.3, 0.4) is 0 Å². The van der Waals surface area contributed by atoms with E-state index in [0.717, 1.165) is 46.7 Å². The van der Waals surface area contributed by atoms with E-state index in [2.05, 4.69) is 48.9 Å². The van der Waals surface area contributed by atoms with Gasteiger partial charge in [-0.15, -0.1) is 0 Å². The van der Waals surface area contributed by atoms with Gasteiger partial charge in [-0.3, -0.25) is 34.2 Å². The standard InChI is InChI=1S/C42H41N5O8/c1-41(2)39(42(3)29-17-18-44-34-24(22-43)9-15-31(33(29)34)55-40(41)42)46-35(49)23-7-10-25(11-8-23)53-19-5-4-6-20-54-26-12-13-27-28(21-26)38(52)47(37(27)51)30-14-16-32(48)45-36(30)50/h7-13,15,17,21,30,39-40,44H,4-6,14,16,18-20H2,1-3H3,(H,46,49)(H,45,48,50)/t30?,39?,40-,42?/m0/s1. The molecule has 0 aromatic heterocycles. The molecule has 3 aromatic rings. The summed E-state index contributed by atoms with van der Waals surface area (Å²) in [6, 6.07) is 16.5. The Bertz CT molecular complexity index is 2220. The van der Waals surface area contributed by atoms with Crippen LogP contribution < -0.4 is 30.2 Å². The van der Waals surface area contributed by atoms with Gasteiger partial charge < -0.3 is 24.8 Å². The maximum atomic E-state index is 13.6. The van der Waals surface area contributed by atoms with Gasteiger partial charge in [0.25, 0.3) is 17.7 Å². The minimum absolute atomic E-state index is 0.0620. The maximum absolute atomic E-state index is 13.6. The molecule has 13 heteroatoms. The molecule has 0 radical (unpaired) electrons. The zero-order valence-corrected chi connectivity index (χ0v) is 30.8. The molecule has 3 aromatic carbocycles. The van der Waals surface area contributed by atoms with Crippen molar-refractivity contribution in [2.75, 3.05) is 25.1 Å². The molecule has 13 nitrogen and oxygen atoms in total. The molecule has 5 amide bonds. The van der Waals surface area contributed by atoms with E-state index in [9.17, 15) is 29.2 Å². The summed E-state index contributed by atoms with van der Waals surface area (Å²) in [5.41, 5.74) is 3.44. The summed E-state index contributed by atoms with van der Waals surface area (Å²) >= 11 is 0. The van der Waals surface area contributed by atoms with Crippen LogP contribution in [0.1, 0.15) is 95.1 Å². The third kappa shape index (κ3) is 5.87. The van der Waals surface area contributed by atoms with Crippen LogP contribution in [-0.2, 0) is 9.59 Å². The number of imide groups is 2. The molecular formula is C42H41N5O8. The fourth-order valence-electron chi connectivity index (χ4n) is 9.08. The van der Waals surface area contributed by atoms with E-state index < -0.39 is 35.1 Å². The van der Waals surface area contributed by atoms with Gasteiger partial charge in [0.05, 0.1) is 47.0 Å². The molecule has 0 spiro atoms. The van der Waals surface area contributed by atoms with Crippen molar-refractivity contribution in [1.82, 2.24) is 15.5 Å². The molecule has 4 aliphatic heterocycles. The quantitative estimate of drug-likeness (QED) is 0.179. The number of carbonyl (C=O) groups excluding carboxylic acids is 5. The smallest absolute Gasteiger partial charge is 0.262 e. The number of nitrogens with zero attached hydrogens (tertiary/aromatic N) is 2. The second kappa shape index (κ2) is 13.6. The lowest BCUT2D eigenvalue weighted by molar-refractivity contribution is -0.148. The molecule has 1 saturated carbocycles. The number of hydrogen-bond donors (Lipinski definition) is 3. The first-order chi connectivity index (χ1) is 26.4. The zero-order chi connectivity index (χ0) is 38.6. The highest BCUT2D eigenvalue weighted by Gasteiger charge is 2.70. The van der Waals surface area contributed by atoms with Crippen molar-refractivity contribution in [1.29, 1.82) is 5.26 Å². The molecule has 55 heavy (non-hydrogen) atoms. The van der Waals surface area contributed by atoms with Gasteiger partial charge in [-0.05, 0) is 92.8 Å². The van der Waals surface area contributed by atoms with Gasteiger partial charge in [-0.25, -0.2) is 0 Å². The van der Waals surface area contributed by atoms with E-state index in [0.29, 0.717) is 42.4 Å². The highest BCUT2D eigenvalue weighted by molar-refractivity contribution is 6.23. The van der Waals surface area contributed by atoms with Gasteiger partial charge >= 0.3 is 0 Å². The highest BCUT2D eigenvalue weighted by atomic mass is 16.5. The van der Waals surface area contributed by atoms with Crippen LogP contribution in [-0.4, -0.2) is 72.4 Å². The Kier molecular flexibility index (Phi) is 8.87. The number of anilines is 1. The van der Waals surface area contributed by atoms with Crippen LogP contribution in [0.2, 0.25) is 0 Å². The Morgan fingerprint density at radius 1 is 0.945 bits per heavy atom. The normalized spacial score (nSPS) is 24.1. The van der Waals surface area contributed by atoms with Crippen molar-refractivity contribution in [2.45, 2.75) is 71.1 Å². The summed E-state index contributed by atoms with van der Waals surface area (Å²) in [6.45, 7) is 7.84. The van der Waals surface area contributed by atoms with E-state index in [1.54, 1.807) is 36.4 Å². The molecular weight excluding hydrogens is 702 g/mol. The number of nitrogens with one attached hydrogen (secondary N) is 3.